The van der Waals surface area contributed by atoms with Gasteiger partial charge in [-0.1, -0.05) is 23.2 Å². The first-order valence-electron chi connectivity index (χ1n) is 7.23. The number of hydrogen-bond acceptors (Lipinski definition) is 6. The monoisotopic (exact) mass is 425 g/mol. The van der Waals surface area contributed by atoms with E-state index in [1.54, 1.807) is 12.1 Å². The molecule has 0 amide bonds. The van der Waals surface area contributed by atoms with Crippen LogP contribution in [-0.4, -0.2) is 20.9 Å². The third kappa shape index (κ3) is 4.90. The molecule has 0 saturated heterocycles. The molecule has 0 bridgehead atoms. The van der Waals surface area contributed by atoms with Crippen molar-refractivity contribution >= 4 is 29.1 Å². The first-order valence-corrected chi connectivity index (χ1v) is 7.98. The SMILES string of the molecule is N#C/C(N)=C(\C#N)N=C=CCc1cnn(-c2c(Cl)cc(C(F)(F)F)cc2Cl)n1. The fourth-order valence-corrected chi connectivity index (χ4v) is 2.51. The minimum absolute atomic E-state index is 0.00303. The lowest BCUT2D eigenvalue weighted by molar-refractivity contribution is -0.137. The van der Waals surface area contributed by atoms with E-state index in [9.17, 15) is 13.2 Å². The average Bonchev–Trinajstić information content (AvgIpc) is 3.08. The van der Waals surface area contributed by atoms with Gasteiger partial charge >= 0.3 is 6.18 Å². The van der Waals surface area contributed by atoms with Gasteiger partial charge < -0.3 is 5.73 Å². The number of alkyl halides is 3. The van der Waals surface area contributed by atoms with E-state index in [2.05, 4.69) is 21.1 Å². The number of nitrogens with two attached hydrogens (primary N) is 1. The number of allylic oxidation sites excluding steroid dienone is 3. The Hall–Kier alpha value is -3.30. The standard InChI is InChI=1S/C16H8Cl2F3N7/c17-11-4-9(16(19,20)21)5-12(18)15(11)28-26-8-10(27-28)2-1-3-25-14(7-23)13(24)6-22/h1,4-5,8H,2,24H2/b14-13-. The molecule has 0 aliphatic heterocycles. The van der Waals surface area contributed by atoms with Gasteiger partial charge in [-0.3, -0.25) is 0 Å². The topological polar surface area (TPSA) is 117 Å². The highest BCUT2D eigenvalue weighted by Gasteiger charge is 2.32. The van der Waals surface area contributed by atoms with Crippen molar-refractivity contribution in [3.05, 3.63) is 57.1 Å². The van der Waals surface area contributed by atoms with Crippen molar-refractivity contribution in [2.45, 2.75) is 12.6 Å². The molecule has 2 N–H and O–H groups in total. The Morgan fingerprint density at radius 3 is 2.43 bits per heavy atom. The molecule has 142 valence electrons. The van der Waals surface area contributed by atoms with Gasteiger partial charge in [-0.05, 0) is 24.1 Å². The average molecular weight is 426 g/mol. The van der Waals surface area contributed by atoms with Crippen molar-refractivity contribution in [2.24, 2.45) is 10.7 Å². The summed E-state index contributed by atoms with van der Waals surface area (Å²) in [6, 6.07) is 4.69. The van der Waals surface area contributed by atoms with Gasteiger partial charge in [0.1, 0.15) is 23.5 Å². The molecule has 2 rings (SSSR count). The summed E-state index contributed by atoms with van der Waals surface area (Å²) in [5.74, 6) is 2.43. The highest BCUT2D eigenvalue weighted by Crippen LogP contribution is 2.37. The molecule has 0 unspecified atom stereocenters. The Morgan fingerprint density at radius 1 is 1.25 bits per heavy atom. The summed E-state index contributed by atoms with van der Waals surface area (Å²) in [6.07, 6.45) is -1.69. The van der Waals surface area contributed by atoms with Crippen LogP contribution >= 0.6 is 23.2 Å². The van der Waals surface area contributed by atoms with Gasteiger partial charge in [0.25, 0.3) is 0 Å². The highest BCUT2D eigenvalue weighted by atomic mass is 35.5. The number of aromatic nitrogens is 3. The van der Waals surface area contributed by atoms with Crippen molar-refractivity contribution in [1.29, 1.82) is 10.5 Å². The van der Waals surface area contributed by atoms with Crippen LogP contribution in [0, 0.1) is 22.7 Å². The summed E-state index contributed by atoms with van der Waals surface area (Å²) < 4.78 is 38.4. The molecule has 0 spiro atoms. The van der Waals surface area contributed by atoms with Crippen LogP contribution in [0.1, 0.15) is 11.3 Å². The largest absolute Gasteiger partial charge is 0.416 e. The van der Waals surface area contributed by atoms with E-state index in [0.29, 0.717) is 5.69 Å². The minimum atomic E-state index is -4.59. The lowest BCUT2D eigenvalue weighted by Gasteiger charge is -2.11. The van der Waals surface area contributed by atoms with Crippen molar-refractivity contribution in [1.82, 2.24) is 15.0 Å². The molecule has 0 atom stereocenters. The lowest BCUT2D eigenvalue weighted by Crippen LogP contribution is -2.08. The number of nitrogens with zero attached hydrogens (tertiary/aromatic N) is 6. The lowest BCUT2D eigenvalue weighted by atomic mass is 10.2. The molecule has 7 nitrogen and oxygen atoms in total. The van der Waals surface area contributed by atoms with Crippen molar-refractivity contribution in [3.8, 4) is 17.8 Å². The molecule has 0 aliphatic rings. The predicted octanol–water partition coefficient (Wildman–Crippen LogP) is 3.58. The third-order valence-corrected chi connectivity index (χ3v) is 3.72. The Labute approximate surface area is 166 Å². The smallest absolute Gasteiger partial charge is 0.388 e. The van der Waals surface area contributed by atoms with Crippen molar-refractivity contribution in [3.63, 3.8) is 0 Å². The highest BCUT2D eigenvalue weighted by molar-refractivity contribution is 6.37. The van der Waals surface area contributed by atoms with Gasteiger partial charge in [0.2, 0.25) is 0 Å². The summed E-state index contributed by atoms with van der Waals surface area (Å²) in [6.45, 7) is 0. The van der Waals surface area contributed by atoms with Gasteiger partial charge in [-0.25, -0.2) is 0 Å². The van der Waals surface area contributed by atoms with Gasteiger partial charge in [-0.2, -0.15) is 38.9 Å². The molecular formula is C16H8Cl2F3N7. The number of halogens is 5. The second-order valence-electron chi connectivity index (χ2n) is 5.05. The molecule has 0 fully saturated rings. The van der Waals surface area contributed by atoms with Gasteiger partial charge in [0.15, 0.2) is 5.70 Å². The van der Waals surface area contributed by atoms with Crippen LogP contribution in [0.3, 0.4) is 0 Å². The third-order valence-electron chi connectivity index (χ3n) is 3.14. The maximum atomic E-state index is 12.8. The zero-order valence-electron chi connectivity index (χ0n) is 13.7. The van der Waals surface area contributed by atoms with E-state index in [4.69, 9.17) is 39.5 Å². The Kier molecular flexibility index (Phi) is 6.45. The summed E-state index contributed by atoms with van der Waals surface area (Å²) in [4.78, 5) is 4.62. The van der Waals surface area contributed by atoms with E-state index in [1.165, 1.54) is 12.3 Å². The predicted molar refractivity (Wildman–Crippen MR) is 94.5 cm³/mol. The molecule has 1 aromatic heterocycles. The Bertz CT molecular complexity index is 1060. The Balaban J connectivity index is 2.25. The molecule has 2 aromatic rings. The van der Waals surface area contributed by atoms with Crippen LogP contribution in [0.5, 0.6) is 0 Å². The molecule has 0 saturated carbocycles. The Morgan fingerprint density at radius 2 is 1.89 bits per heavy atom. The summed E-state index contributed by atoms with van der Waals surface area (Å²) in [5, 5.41) is 24.8. The molecule has 1 heterocycles. The van der Waals surface area contributed by atoms with Crippen LogP contribution in [0.25, 0.3) is 5.69 Å². The van der Waals surface area contributed by atoms with E-state index in [-0.39, 0.29) is 33.5 Å². The normalized spacial score (nSPS) is 11.7. The summed E-state index contributed by atoms with van der Waals surface area (Å²) in [7, 11) is 0. The van der Waals surface area contributed by atoms with Crippen LogP contribution in [0.4, 0.5) is 13.2 Å². The molecule has 0 radical (unpaired) electrons. The molecule has 1 aromatic carbocycles. The molecule has 28 heavy (non-hydrogen) atoms. The first-order chi connectivity index (χ1) is 13.2. The number of benzene rings is 1. The van der Waals surface area contributed by atoms with Crippen LogP contribution in [0.2, 0.25) is 10.0 Å². The summed E-state index contributed by atoms with van der Waals surface area (Å²) >= 11 is 11.8. The molecule has 12 heteroatoms. The zero-order valence-corrected chi connectivity index (χ0v) is 15.2. The minimum Gasteiger partial charge on any atom is -0.388 e. The quantitative estimate of drug-likeness (QED) is 0.593. The number of aliphatic imine (C=N–C) groups is 1. The second-order valence-corrected chi connectivity index (χ2v) is 5.86. The van der Waals surface area contributed by atoms with E-state index < -0.39 is 11.7 Å². The maximum Gasteiger partial charge on any atom is 0.416 e. The fraction of sp³-hybridized carbons (Fsp3) is 0.125. The van der Waals surface area contributed by atoms with Crippen molar-refractivity contribution in [2.75, 3.05) is 0 Å². The second kappa shape index (κ2) is 8.59. The van der Waals surface area contributed by atoms with Gasteiger partial charge in [0.05, 0.1) is 27.5 Å². The van der Waals surface area contributed by atoms with Crippen LogP contribution < -0.4 is 5.73 Å². The first kappa shape index (κ1) is 21.0. The van der Waals surface area contributed by atoms with E-state index in [0.717, 1.165) is 16.9 Å². The van der Waals surface area contributed by atoms with E-state index >= 15 is 0 Å². The fourth-order valence-electron chi connectivity index (χ4n) is 1.87. The van der Waals surface area contributed by atoms with E-state index in [1.807, 2.05) is 0 Å². The molecule has 0 aliphatic carbocycles. The summed E-state index contributed by atoms with van der Waals surface area (Å²) in [5.41, 5.74) is 4.05. The number of hydrogen-bond donors (Lipinski definition) is 1. The van der Waals surface area contributed by atoms with Gasteiger partial charge in [0, 0.05) is 6.42 Å². The molecular weight excluding hydrogens is 418 g/mol. The number of nitriles is 2. The van der Waals surface area contributed by atoms with Gasteiger partial charge in [-0.15, -0.1) is 4.80 Å². The van der Waals surface area contributed by atoms with Crippen molar-refractivity contribution < 1.29 is 13.2 Å². The van der Waals surface area contributed by atoms with Crippen LogP contribution in [-0.2, 0) is 12.6 Å². The number of rotatable bonds is 4. The van der Waals surface area contributed by atoms with Crippen LogP contribution in [0.15, 0.2) is 40.8 Å². The maximum absolute atomic E-state index is 12.8. The zero-order chi connectivity index (χ0) is 20.9.